The van der Waals surface area contributed by atoms with Gasteiger partial charge in [0.15, 0.2) is 11.6 Å². The third-order valence-corrected chi connectivity index (χ3v) is 2.54. The highest BCUT2D eigenvalue weighted by atomic mass is 19.4. The van der Waals surface area contributed by atoms with E-state index in [9.17, 15) is 22.0 Å². The van der Waals surface area contributed by atoms with E-state index in [-0.39, 0.29) is 24.2 Å². The molecular formula is C12H14F5NO. The number of hydrogen-bond acceptors (Lipinski definition) is 2. The summed E-state index contributed by atoms with van der Waals surface area (Å²) >= 11 is 0. The Balaban J connectivity index is 2.55. The Morgan fingerprint density at radius 1 is 1.21 bits per heavy atom. The van der Waals surface area contributed by atoms with Gasteiger partial charge in [-0.25, -0.2) is 8.78 Å². The summed E-state index contributed by atoms with van der Waals surface area (Å²) in [4.78, 5) is 0. The second-order valence-electron chi connectivity index (χ2n) is 4.16. The fourth-order valence-electron chi connectivity index (χ4n) is 1.50. The predicted octanol–water partition coefficient (Wildman–Crippen LogP) is 3.24. The van der Waals surface area contributed by atoms with Gasteiger partial charge in [0.2, 0.25) is 0 Å². The summed E-state index contributed by atoms with van der Waals surface area (Å²) in [5.74, 6) is -2.06. The van der Waals surface area contributed by atoms with Crippen LogP contribution in [0, 0.1) is 18.6 Å². The molecule has 0 amide bonds. The standard InChI is InChI=1S/C12H14F5NO/c1-7-2-3-8(11(14)10(7)13)9(18)4-5-19-6-12(15,16)17/h2-3,9H,4-6,18H2,1H3. The van der Waals surface area contributed by atoms with E-state index in [1.807, 2.05) is 0 Å². The molecule has 1 atom stereocenters. The number of alkyl halides is 3. The van der Waals surface area contributed by atoms with Gasteiger partial charge < -0.3 is 10.5 Å². The maximum absolute atomic E-state index is 13.5. The van der Waals surface area contributed by atoms with E-state index >= 15 is 0 Å². The zero-order valence-corrected chi connectivity index (χ0v) is 10.2. The van der Waals surface area contributed by atoms with Crippen molar-refractivity contribution in [1.29, 1.82) is 0 Å². The molecule has 19 heavy (non-hydrogen) atoms. The van der Waals surface area contributed by atoms with Crippen molar-refractivity contribution in [1.82, 2.24) is 0 Å². The van der Waals surface area contributed by atoms with Crippen molar-refractivity contribution in [3.63, 3.8) is 0 Å². The normalized spacial score (nSPS) is 13.6. The maximum Gasteiger partial charge on any atom is 0.411 e. The molecule has 0 aliphatic heterocycles. The first-order valence-electron chi connectivity index (χ1n) is 5.57. The Bertz CT molecular complexity index is 433. The average Bonchev–Trinajstić information content (AvgIpc) is 2.30. The molecule has 7 heteroatoms. The van der Waals surface area contributed by atoms with Gasteiger partial charge in [-0.2, -0.15) is 13.2 Å². The molecular weight excluding hydrogens is 269 g/mol. The Kier molecular flexibility index (Phi) is 5.25. The van der Waals surface area contributed by atoms with Gasteiger partial charge in [-0.3, -0.25) is 0 Å². The van der Waals surface area contributed by atoms with Crippen LogP contribution in [0.3, 0.4) is 0 Å². The highest BCUT2D eigenvalue weighted by Crippen LogP contribution is 2.22. The lowest BCUT2D eigenvalue weighted by Crippen LogP contribution is -2.20. The van der Waals surface area contributed by atoms with E-state index < -0.39 is 30.5 Å². The molecule has 108 valence electrons. The van der Waals surface area contributed by atoms with E-state index in [0.29, 0.717) is 0 Å². The Labute approximate surface area is 107 Å². The molecule has 1 rings (SSSR count). The first kappa shape index (κ1) is 15.8. The summed E-state index contributed by atoms with van der Waals surface area (Å²) in [6, 6.07) is 1.77. The molecule has 1 aromatic rings. The first-order chi connectivity index (χ1) is 8.72. The van der Waals surface area contributed by atoms with Gasteiger partial charge in [-0.05, 0) is 18.9 Å². The molecule has 0 saturated heterocycles. The van der Waals surface area contributed by atoms with Crippen LogP contribution in [0.25, 0.3) is 0 Å². The Morgan fingerprint density at radius 3 is 2.42 bits per heavy atom. The smallest absolute Gasteiger partial charge is 0.372 e. The second kappa shape index (κ2) is 6.29. The predicted molar refractivity (Wildman–Crippen MR) is 59.5 cm³/mol. The largest absolute Gasteiger partial charge is 0.411 e. The summed E-state index contributed by atoms with van der Waals surface area (Å²) in [5.41, 5.74) is 5.67. The van der Waals surface area contributed by atoms with Crippen molar-refractivity contribution in [3.8, 4) is 0 Å². The highest BCUT2D eigenvalue weighted by molar-refractivity contribution is 5.27. The van der Waals surface area contributed by atoms with Crippen LogP contribution in [-0.2, 0) is 4.74 Å². The van der Waals surface area contributed by atoms with Gasteiger partial charge in [-0.1, -0.05) is 12.1 Å². The van der Waals surface area contributed by atoms with Crippen LogP contribution < -0.4 is 5.73 Å². The summed E-state index contributed by atoms with van der Waals surface area (Å²) in [6.45, 7) is -0.264. The number of hydrogen-bond donors (Lipinski definition) is 1. The SMILES string of the molecule is Cc1ccc(C(N)CCOCC(F)(F)F)c(F)c1F. The lowest BCUT2D eigenvalue weighted by molar-refractivity contribution is -0.174. The lowest BCUT2D eigenvalue weighted by atomic mass is 10.0. The highest BCUT2D eigenvalue weighted by Gasteiger charge is 2.27. The molecule has 0 aromatic heterocycles. The van der Waals surface area contributed by atoms with Gasteiger partial charge in [0, 0.05) is 18.2 Å². The van der Waals surface area contributed by atoms with Crippen molar-refractivity contribution in [2.75, 3.05) is 13.2 Å². The lowest BCUT2D eigenvalue weighted by Gasteiger charge is -2.14. The molecule has 1 aromatic carbocycles. The molecule has 0 radical (unpaired) electrons. The first-order valence-corrected chi connectivity index (χ1v) is 5.57. The van der Waals surface area contributed by atoms with Gasteiger partial charge >= 0.3 is 6.18 Å². The fourth-order valence-corrected chi connectivity index (χ4v) is 1.50. The summed E-state index contributed by atoms with van der Waals surface area (Å²) < 4.78 is 66.6. The average molecular weight is 283 g/mol. The number of aryl methyl sites for hydroxylation is 1. The van der Waals surface area contributed by atoms with E-state index in [1.165, 1.54) is 19.1 Å². The molecule has 0 bridgehead atoms. The van der Waals surface area contributed by atoms with E-state index in [0.717, 1.165) is 0 Å². The topological polar surface area (TPSA) is 35.2 Å². The third kappa shape index (κ3) is 4.76. The quantitative estimate of drug-likeness (QED) is 0.665. The molecule has 1 unspecified atom stereocenters. The van der Waals surface area contributed by atoms with Crippen molar-refractivity contribution in [2.45, 2.75) is 25.6 Å². The van der Waals surface area contributed by atoms with Gasteiger partial charge in [-0.15, -0.1) is 0 Å². The van der Waals surface area contributed by atoms with Crippen molar-refractivity contribution < 1.29 is 26.7 Å². The van der Waals surface area contributed by atoms with Gasteiger partial charge in [0.05, 0.1) is 0 Å². The number of rotatable bonds is 5. The Hall–Kier alpha value is -1.21. The van der Waals surface area contributed by atoms with Crippen LogP contribution in [0.2, 0.25) is 0 Å². The van der Waals surface area contributed by atoms with Crippen LogP contribution in [-0.4, -0.2) is 19.4 Å². The van der Waals surface area contributed by atoms with Crippen LogP contribution in [0.5, 0.6) is 0 Å². The van der Waals surface area contributed by atoms with Crippen LogP contribution in [0.15, 0.2) is 12.1 Å². The molecule has 0 aliphatic rings. The molecule has 0 spiro atoms. The van der Waals surface area contributed by atoms with Crippen molar-refractivity contribution >= 4 is 0 Å². The Morgan fingerprint density at radius 2 is 1.84 bits per heavy atom. The maximum atomic E-state index is 13.5. The molecule has 2 N–H and O–H groups in total. The summed E-state index contributed by atoms with van der Waals surface area (Å²) in [6.07, 6.45) is -4.44. The third-order valence-electron chi connectivity index (χ3n) is 2.54. The molecule has 0 saturated carbocycles. The van der Waals surface area contributed by atoms with Crippen molar-refractivity contribution in [2.24, 2.45) is 5.73 Å². The molecule has 0 fully saturated rings. The van der Waals surface area contributed by atoms with Gasteiger partial charge in [0.25, 0.3) is 0 Å². The zero-order valence-electron chi connectivity index (χ0n) is 10.2. The van der Waals surface area contributed by atoms with E-state index in [4.69, 9.17) is 5.73 Å². The monoisotopic (exact) mass is 283 g/mol. The number of halogens is 5. The van der Waals surface area contributed by atoms with Crippen molar-refractivity contribution in [3.05, 3.63) is 34.9 Å². The number of ether oxygens (including phenoxy) is 1. The molecule has 0 aliphatic carbocycles. The summed E-state index contributed by atoms with van der Waals surface area (Å²) in [5, 5.41) is 0. The van der Waals surface area contributed by atoms with Gasteiger partial charge in [0.1, 0.15) is 6.61 Å². The van der Waals surface area contributed by atoms with E-state index in [2.05, 4.69) is 4.74 Å². The minimum Gasteiger partial charge on any atom is -0.372 e. The fraction of sp³-hybridized carbons (Fsp3) is 0.500. The van der Waals surface area contributed by atoms with E-state index in [1.54, 1.807) is 0 Å². The number of benzene rings is 1. The van der Waals surface area contributed by atoms with Crippen LogP contribution in [0.4, 0.5) is 22.0 Å². The van der Waals surface area contributed by atoms with Crippen LogP contribution in [0.1, 0.15) is 23.6 Å². The molecule has 0 heterocycles. The minimum absolute atomic E-state index is 0.0322. The minimum atomic E-state index is -4.41. The zero-order chi connectivity index (χ0) is 14.6. The second-order valence-corrected chi connectivity index (χ2v) is 4.16. The molecule has 2 nitrogen and oxygen atoms in total. The summed E-state index contributed by atoms with van der Waals surface area (Å²) in [7, 11) is 0. The number of nitrogens with two attached hydrogens (primary N) is 1. The van der Waals surface area contributed by atoms with Crippen LogP contribution >= 0.6 is 0 Å².